The van der Waals surface area contributed by atoms with Crippen molar-refractivity contribution in [3.63, 3.8) is 0 Å². The summed E-state index contributed by atoms with van der Waals surface area (Å²) < 4.78 is 1.53. The highest BCUT2D eigenvalue weighted by molar-refractivity contribution is 6.04. The lowest BCUT2D eigenvalue weighted by Gasteiger charge is -2.03. The van der Waals surface area contributed by atoms with Crippen LogP contribution in [0.2, 0.25) is 0 Å². The number of amides is 1. The van der Waals surface area contributed by atoms with Crippen LogP contribution in [-0.2, 0) is 7.05 Å². The van der Waals surface area contributed by atoms with Gasteiger partial charge in [0.05, 0.1) is 11.3 Å². The third kappa shape index (κ3) is 2.76. The number of anilines is 1. The molecule has 7 nitrogen and oxygen atoms in total. The van der Waals surface area contributed by atoms with E-state index in [4.69, 9.17) is 5.11 Å². The number of rotatable bonds is 3. The van der Waals surface area contributed by atoms with Crippen molar-refractivity contribution in [2.45, 2.75) is 6.92 Å². The number of hydrogen-bond donors (Lipinski definition) is 2. The van der Waals surface area contributed by atoms with Gasteiger partial charge in [0.25, 0.3) is 5.91 Å². The third-order valence-corrected chi connectivity index (χ3v) is 2.47. The fraction of sp³-hybridized carbons (Fsp3) is 0.167. The molecule has 2 aromatic heterocycles. The summed E-state index contributed by atoms with van der Waals surface area (Å²) in [5.74, 6) is -1.33. The fourth-order valence-corrected chi connectivity index (χ4v) is 1.63. The summed E-state index contributed by atoms with van der Waals surface area (Å²) in [6, 6.07) is 4.39. The van der Waals surface area contributed by atoms with Gasteiger partial charge in [-0.15, -0.1) is 0 Å². The Bertz CT molecular complexity index is 648. The van der Waals surface area contributed by atoms with E-state index in [-0.39, 0.29) is 17.4 Å². The molecule has 0 saturated heterocycles. The van der Waals surface area contributed by atoms with Crippen LogP contribution in [0.4, 0.5) is 5.82 Å². The molecule has 7 heteroatoms. The molecule has 0 fully saturated rings. The average molecular weight is 260 g/mol. The Morgan fingerprint density at radius 1 is 1.37 bits per heavy atom. The predicted octanol–water partition coefficient (Wildman–Crippen LogP) is 1.07. The van der Waals surface area contributed by atoms with Gasteiger partial charge in [-0.1, -0.05) is 6.07 Å². The molecule has 0 saturated carbocycles. The van der Waals surface area contributed by atoms with E-state index in [1.165, 1.54) is 22.9 Å². The Balaban J connectivity index is 2.21. The number of carbonyl (C=O) groups excluding carboxylic acids is 1. The molecule has 0 aliphatic rings. The number of carboxylic acid groups (broad SMARTS) is 1. The summed E-state index contributed by atoms with van der Waals surface area (Å²) in [4.78, 5) is 26.6. The van der Waals surface area contributed by atoms with Gasteiger partial charge in [0.15, 0.2) is 5.69 Å². The zero-order valence-electron chi connectivity index (χ0n) is 10.4. The molecule has 1 amide bonds. The first kappa shape index (κ1) is 12.7. The van der Waals surface area contributed by atoms with Gasteiger partial charge in [-0.25, -0.2) is 9.78 Å². The molecule has 0 spiro atoms. The minimum Gasteiger partial charge on any atom is -0.477 e. The average Bonchev–Trinajstić information content (AvgIpc) is 2.69. The largest absolute Gasteiger partial charge is 0.477 e. The summed E-state index contributed by atoms with van der Waals surface area (Å²) in [5, 5.41) is 15.4. The minimum absolute atomic E-state index is 0.124. The van der Waals surface area contributed by atoms with Crippen molar-refractivity contribution in [3.8, 4) is 0 Å². The second kappa shape index (κ2) is 4.89. The lowest BCUT2D eigenvalue weighted by molar-refractivity contribution is 0.0690. The summed E-state index contributed by atoms with van der Waals surface area (Å²) in [6.45, 7) is 1.72. The summed E-state index contributed by atoms with van der Waals surface area (Å²) in [5.41, 5.74) is 0.889. The molecule has 0 radical (unpaired) electrons. The molecule has 19 heavy (non-hydrogen) atoms. The number of pyridine rings is 1. The first-order chi connectivity index (χ1) is 8.97. The second-order valence-corrected chi connectivity index (χ2v) is 3.97. The molecular weight excluding hydrogens is 248 g/mol. The zero-order chi connectivity index (χ0) is 14.0. The van der Waals surface area contributed by atoms with Crippen LogP contribution in [0.1, 0.15) is 26.5 Å². The standard InChI is InChI=1S/C12H12N4O3/c1-7-8(6-16(2)15-7)11(17)14-10-5-3-4-9(13-10)12(18)19/h3-6H,1-2H3,(H,18,19)(H,13,14,17). The van der Waals surface area contributed by atoms with Crippen LogP contribution in [0.25, 0.3) is 0 Å². The van der Waals surface area contributed by atoms with Crippen molar-refractivity contribution in [2.24, 2.45) is 7.05 Å². The monoisotopic (exact) mass is 260 g/mol. The van der Waals surface area contributed by atoms with Gasteiger partial charge < -0.3 is 10.4 Å². The second-order valence-electron chi connectivity index (χ2n) is 3.97. The van der Waals surface area contributed by atoms with Crippen LogP contribution in [0.3, 0.4) is 0 Å². The highest BCUT2D eigenvalue weighted by Gasteiger charge is 2.14. The quantitative estimate of drug-likeness (QED) is 0.860. The molecule has 0 aliphatic carbocycles. The number of aryl methyl sites for hydroxylation is 2. The molecule has 2 aromatic rings. The van der Waals surface area contributed by atoms with Crippen molar-refractivity contribution in [1.82, 2.24) is 14.8 Å². The third-order valence-electron chi connectivity index (χ3n) is 2.47. The first-order valence-electron chi connectivity index (χ1n) is 5.49. The first-order valence-corrected chi connectivity index (χ1v) is 5.49. The lowest BCUT2D eigenvalue weighted by atomic mass is 10.2. The van der Waals surface area contributed by atoms with Gasteiger partial charge in [-0.05, 0) is 19.1 Å². The SMILES string of the molecule is Cc1nn(C)cc1C(=O)Nc1cccc(C(=O)O)n1. The van der Waals surface area contributed by atoms with Crippen molar-refractivity contribution < 1.29 is 14.7 Å². The number of nitrogens with one attached hydrogen (secondary N) is 1. The molecular formula is C12H12N4O3. The molecule has 0 bridgehead atoms. The van der Waals surface area contributed by atoms with Gasteiger partial charge in [0.1, 0.15) is 5.82 Å². The predicted molar refractivity (Wildman–Crippen MR) is 67.1 cm³/mol. The van der Waals surface area contributed by atoms with Crippen LogP contribution < -0.4 is 5.32 Å². The Morgan fingerprint density at radius 3 is 2.68 bits per heavy atom. The normalized spacial score (nSPS) is 10.2. The molecule has 0 unspecified atom stereocenters. The molecule has 0 aromatic carbocycles. The minimum atomic E-state index is -1.14. The van der Waals surface area contributed by atoms with Crippen LogP contribution in [0.15, 0.2) is 24.4 Å². The van der Waals surface area contributed by atoms with E-state index in [0.29, 0.717) is 11.3 Å². The number of aromatic nitrogens is 3. The van der Waals surface area contributed by atoms with E-state index in [9.17, 15) is 9.59 Å². The highest BCUT2D eigenvalue weighted by atomic mass is 16.4. The lowest BCUT2D eigenvalue weighted by Crippen LogP contribution is -2.14. The zero-order valence-corrected chi connectivity index (χ0v) is 10.4. The van der Waals surface area contributed by atoms with E-state index >= 15 is 0 Å². The Morgan fingerprint density at radius 2 is 2.11 bits per heavy atom. The molecule has 0 atom stereocenters. The van der Waals surface area contributed by atoms with E-state index in [2.05, 4.69) is 15.4 Å². The molecule has 0 aliphatic heterocycles. The molecule has 2 heterocycles. The maximum Gasteiger partial charge on any atom is 0.354 e. The van der Waals surface area contributed by atoms with Gasteiger partial charge in [-0.3, -0.25) is 9.48 Å². The van der Waals surface area contributed by atoms with E-state index in [1.54, 1.807) is 20.2 Å². The Labute approximate surface area is 108 Å². The summed E-state index contributed by atoms with van der Waals surface area (Å²) in [7, 11) is 1.72. The maximum absolute atomic E-state index is 12.0. The van der Waals surface area contributed by atoms with E-state index < -0.39 is 5.97 Å². The van der Waals surface area contributed by atoms with Crippen molar-refractivity contribution in [2.75, 3.05) is 5.32 Å². The summed E-state index contributed by atoms with van der Waals surface area (Å²) >= 11 is 0. The Hall–Kier alpha value is -2.70. The number of aromatic carboxylic acids is 1. The summed E-state index contributed by atoms with van der Waals surface area (Å²) in [6.07, 6.45) is 1.59. The smallest absolute Gasteiger partial charge is 0.354 e. The molecule has 98 valence electrons. The maximum atomic E-state index is 12.0. The number of nitrogens with zero attached hydrogens (tertiary/aromatic N) is 3. The van der Waals surface area contributed by atoms with Crippen molar-refractivity contribution in [3.05, 3.63) is 41.3 Å². The molecule has 2 rings (SSSR count). The van der Waals surface area contributed by atoms with E-state index in [1.807, 2.05) is 0 Å². The highest BCUT2D eigenvalue weighted by Crippen LogP contribution is 2.10. The molecule has 2 N–H and O–H groups in total. The number of carbonyl (C=O) groups is 2. The van der Waals surface area contributed by atoms with Gasteiger partial charge in [-0.2, -0.15) is 5.10 Å². The van der Waals surface area contributed by atoms with E-state index in [0.717, 1.165) is 0 Å². The van der Waals surface area contributed by atoms with Crippen LogP contribution in [0, 0.1) is 6.92 Å². The van der Waals surface area contributed by atoms with Gasteiger partial charge >= 0.3 is 5.97 Å². The van der Waals surface area contributed by atoms with Crippen LogP contribution in [-0.4, -0.2) is 31.7 Å². The van der Waals surface area contributed by atoms with Gasteiger partial charge in [0, 0.05) is 13.2 Å². The van der Waals surface area contributed by atoms with Crippen molar-refractivity contribution in [1.29, 1.82) is 0 Å². The fourth-order valence-electron chi connectivity index (χ4n) is 1.63. The Kier molecular flexibility index (Phi) is 3.28. The van der Waals surface area contributed by atoms with Gasteiger partial charge in [0.2, 0.25) is 0 Å². The number of hydrogen-bond acceptors (Lipinski definition) is 4. The van der Waals surface area contributed by atoms with Crippen molar-refractivity contribution >= 4 is 17.7 Å². The van der Waals surface area contributed by atoms with Crippen LogP contribution >= 0.6 is 0 Å². The number of carboxylic acids is 1. The van der Waals surface area contributed by atoms with Crippen LogP contribution in [0.5, 0.6) is 0 Å². The topological polar surface area (TPSA) is 97.1 Å².